The molecule has 1 saturated heterocycles. The first kappa shape index (κ1) is 20.1. The van der Waals surface area contributed by atoms with Crippen LogP contribution in [0.15, 0.2) is 52.1 Å². The van der Waals surface area contributed by atoms with E-state index in [-0.39, 0.29) is 42.9 Å². The second-order valence-corrected chi connectivity index (χ2v) is 8.85. The summed E-state index contributed by atoms with van der Waals surface area (Å²) in [5.41, 5.74) is 1.80. The maximum atomic E-state index is 12.9. The zero-order valence-corrected chi connectivity index (χ0v) is 17.5. The van der Waals surface area contributed by atoms with Crippen LogP contribution in [0.1, 0.15) is 11.5 Å². The molecule has 30 heavy (non-hydrogen) atoms. The molecule has 11 heteroatoms. The van der Waals surface area contributed by atoms with Gasteiger partial charge in [-0.25, -0.2) is 17.9 Å². The largest absolute Gasteiger partial charge is 0.360 e. The highest BCUT2D eigenvalue weighted by atomic mass is 32.2. The monoisotopic (exact) mass is 430 g/mol. The number of nitrogens with zero attached hydrogens (tertiary/aromatic N) is 5. The van der Waals surface area contributed by atoms with Crippen LogP contribution < -0.4 is 5.32 Å². The van der Waals surface area contributed by atoms with Crippen LogP contribution in [0.2, 0.25) is 0 Å². The lowest BCUT2D eigenvalue weighted by molar-refractivity contribution is 0.184. The third-order valence-electron chi connectivity index (χ3n) is 4.96. The van der Waals surface area contributed by atoms with Crippen LogP contribution in [-0.2, 0) is 10.0 Å². The standard InChI is InChI=1S/C19H22N6O4S/c1-14-18(15(2)29-22-14)30(27,28)24-11-9-23(10-12-24)19(26)21-16-5-3-6-17(13-16)25-8-4-7-20-25/h3-8,13H,9-12H2,1-2H3,(H,21,26). The lowest BCUT2D eigenvalue weighted by atomic mass is 10.3. The summed E-state index contributed by atoms with van der Waals surface area (Å²) in [6, 6.07) is 8.89. The number of aryl methyl sites for hydroxylation is 2. The minimum absolute atomic E-state index is 0.107. The number of aromatic nitrogens is 3. The number of carbonyl (C=O) groups is 1. The number of urea groups is 1. The lowest BCUT2D eigenvalue weighted by Gasteiger charge is -2.33. The van der Waals surface area contributed by atoms with Gasteiger partial charge in [0.15, 0.2) is 5.76 Å². The summed E-state index contributed by atoms with van der Waals surface area (Å²) in [5, 5.41) is 10.8. The molecule has 0 spiro atoms. The van der Waals surface area contributed by atoms with Crippen molar-refractivity contribution >= 4 is 21.7 Å². The number of piperazine rings is 1. The fourth-order valence-corrected chi connectivity index (χ4v) is 5.17. The predicted octanol–water partition coefficient (Wildman–Crippen LogP) is 2.02. The molecule has 10 nitrogen and oxygen atoms in total. The second-order valence-electron chi connectivity index (χ2n) is 6.98. The van der Waals surface area contributed by atoms with E-state index >= 15 is 0 Å². The summed E-state index contributed by atoms with van der Waals surface area (Å²) in [4.78, 5) is 14.4. The molecule has 0 aliphatic carbocycles. The van der Waals surface area contributed by atoms with Crippen LogP contribution in [0.4, 0.5) is 10.5 Å². The number of hydrogen-bond acceptors (Lipinski definition) is 6. The van der Waals surface area contributed by atoms with E-state index in [1.165, 1.54) is 4.31 Å². The summed E-state index contributed by atoms with van der Waals surface area (Å²) < 4.78 is 33.9. The lowest BCUT2D eigenvalue weighted by Crippen LogP contribution is -2.51. The minimum atomic E-state index is -3.71. The Morgan fingerprint density at radius 3 is 2.53 bits per heavy atom. The summed E-state index contributed by atoms with van der Waals surface area (Å²) in [7, 11) is -3.71. The van der Waals surface area contributed by atoms with E-state index in [9.17, 15) is 13.2 Å². The molecule has 2 aromatic heterocycles. The first-order valence-electron chi connectivity index (χ1n) is 9.45. The van der Waals surface area contributed by atoms with Crippen molar-refractivity contribution in [3.05, 3.63) is 54.2 Å². The van der Waals surface area contributed by atoms with Crippen molar-refractivity contribution in [2.45, 2.75) is 18.7 Å². The molecule has 1 aliphatic heterocycles. The van der Waals surface area contributed by atoms with Crippen LogP contribution in [-0.4, -0.2) is 64.8 Å². The molecule has 0 saturated carbocycles. The molecule has 1 N–H and O–H groups in total. The van der Waals surface area contributed by atoms with E-state index in [1.807, 2.05) is 30.5 Å². The number of anilines is 1. The molecule has 1 fully saturated rings. The number of benzene rings is 1. The van der Waals surface area contributed by atoms with E-state index < -0.39 is 10.0 Å². The topological polar surface area (TPSA) is 114 Å². The number of carbonyl (C=O) groups excluding carboxylic acids is 1. The molecule has 1 aliphatic rings. The van der Waals surface area contributed by atoms with Crippen LogP contribution in [0.25, 0.3) is 5.69 Å². The summed E-state index contributed by atoms with van der Waals surface area (Å²) in [5.74, 6) is 0.268. The van der Waals surface area contributed by atoms with Gasteiger partial charge in [0.2, 0.25) is 10.0 Å². The van der Waals surface area contributed by atoms with Gasteiger partial charge < -0.3 is 14.7 Å². The Balaban J connectivity index is 1.40. The quantitative estimate of drug-likeness (QED) is 0.677. The van der Waals surface area contributed by atoms with E-state index in [0.29, 0.717) is 11.4 Å². The van der Waals surface area contributed by atoms with Crippen LogP contribution in [0, 0.1) is 13.8 Å². The third kappa shape index (κ3) is 3.81. The van der Waals surface area contributed by atoms with E-state index in [4.69, 9.17) is 4.52 Å². The van der Waals surface area contributed by atoms with Crippen molar-refractivity contribution in [1.29, 1.82) is 0 Å². The van der Waals surface area contributed by atoms with Crippen molar-refractivity contribution in [2.24, 2.45) is 0 Å². The Bertz CT molecular complexity index is 1130. The number of rotatable bonds is 4. The maximum absolute atomic E-state index is 12.9. The van der Waals surface area contributed by atoms with Gasteiger partial charge in [0.05, 0.1) is 5.69 Å². The Hall–Kier alpha value is -3.18. The molecule has 3 heterocycles. The molecule has 1 aromatic carbocycles. The van der Waals surface area contributed by atoms with Gasteiger partial charge in [-0.15, -0.1) is 0 Å². The van der Waals surface area contributed by atoms with Crippen LogP contribution >= 0.6 is 0 Å². The highest BCUT2D eigenvalue weighted by molar-refractivity contribution is 7.89. The molecule has 0 bridgehead atoms. The Morgan fingerprint density at radius 1 is 1.13 bits per heavy atom. The van der Waals surface area contributed by atoms with Crippen molar-refractivity contribution in [3.63, 3.8) is 0 Å². The Morgan fingerprint density at radius 2 is 1.90 bits per heavy atom. The first-order valence-corrected chi connectivity index (χ1v) is 10.9. The van der Waals surface area contributed by atoms with Crippen molar-refractivity contribution < 1.29 is 17.7 Å². The second kappa shape index (κ2) is 7.92. The average molecular weight is 430 g/mol. The van der Waals surface area contributed by atoms with Gasteiger partial charge in [-0.3, -0.25) is 0 Å². The van der Waals surface area contributed by atoms with Crippen molar-refractivity contribution in [2.75, 3.05) is 31.5 Å². The minimum Gasteiger partial charge on any atom is -0.360 e. The number of nitrogens with one attached hydrogen (secondary N) is 1. The van der Waals surface area contributed by atoms with Gasteiger partial charge in [0.1, 0.15) is 10.6 Å². The third-order valence-corrected chi connectivity index (χ3v) is 7.10. The molecular formula is C19H22N6O4S. The van der Waals surface area contributed by atoms with Gasteiger partial charge in [0.25, 0.3) is 0 Å². The molecular weight excluding hydrogens is 408 g/mol. The molecule has 2 amide bonds. The van der Waals surface area contributed by atoms with Gasteiger partial charge in [-0.1, -0.05) is 11.2 Å². The predicted molar refractivity (Wildman–Crippen MR) is 109 cm³/mol. The molecule has 0 unspecified atom stereocenters. The van der Waals surface area contributed by atoms with E-state index in [2.05, 4.69) is 15.6 Å². The zero-order valence-electron chi connectivity index (χ0n) is 16.6. The molecule has 0 radical (unpaired) electrons. The van der Waals surface area contributed by atoms with Gasteiger partial charge in [-0.05, 0) is 38.1 Å². The molecule has 4 rings (SSSR count). The Labute approximate surface area is 174 Å². The fourth-order valence-electron chi connectivity index (χ4n) is 3.45. The molecule has 158 valence electrons. The SMILES string of the molecule is Cc1noc(C)c1S(=O)(=O)N1CCN(C(=O)Nc2cccc(-n3cccn3)c2)CC1. The van der Waals surface area contributed by atoms with E-state index in [1.54, 1.807) is 35.7 Å². The summed E-state index contributed by atoms with van der Waals surface area (Å²) in [6.07, 6.45) is 3.50. The number of sulfonamides is 1. The fraction of sp³-hybridized carbons (Fsp3) is 0.316. The summed E-state index contributed by atoms with van der Waals surface area (Å²) >= 11 is 0. The highest BCUT2D eigenvalue weighted by Crippen LogP contribution is 2.24. The summed E-state index contributed by atoms with van der Waals surface area (Å²) in [6.45, 7) is 4.15. The van der Waals surface area contributed by atoms with Gasteiger partial charge >= 0.3 is 6.03 Å². The highest BCUT2D eigenvalue weighted by Gasteiger charge is 2.34. The first-order chi connectivity index (χ1) is 14.4. The maximum Gasteiger partial charge on any atom is 0.321 e. The Kier molecular flexibility index (Phi) is 5.31. The number of amides is 2. The molecule has 3 aromatic rings. The zero-order chi connectivity index (χ0) is 21.3. The van der Waals surface area contributed by atoms with Gasteiger partial charge in [0, 0.05) is 44.3 Å². The average Bonchev–Trinajstić information content (AvgIpc) is 3.38. The smallest absolute Gasteiger partial charge is 0.321 e. The normalized spacial score (nSPS) is 15.3. The number of hydrogen-bond donors (Lipinski definition) is 1. The van der Waals surface area contributed by atoms with Crippen molar-refractivity contribution in [1.82, 2.24) is 24.1 Å². The van der Waals surface area contributed by atoms with Gasteiger partial charge in [-0.2, -0.15) is 9.40 Å². The van der Waals surface area contributed by atoms with Crippen molar-refractivity contribution in [3.8, 4) is 5.69 Å². The van der Waals surface area contributed by atoms with Crippen LogP contribution in [0.5, 0.6) is 0 Å². The molecule has 0 atom stereocenters. The van der Waals surface area contributed by atoms with Crippen LogP contribution in [0.3, 0.4) is 0 Å². The van der Waals surface area contributed by atoms with E-state index in [0.717, 1.165) is 5.69 Å².